The predicted molar refractivity (Wildman–Crippen MR) is 120 cm³/mol. The number of fused-ring (bicyclic) bond motifs is 1. The van der Waals surface area contributed by atoms with Crippen LogP contribution < -0.4 is 4.90 Å². The Balaban J connectivity index is 1.26. The second-order valence-corrected chi connectivity index (χ2v) is 8.79. The van der Waals surface area contributed by atoms with Crippen LogP contribution in [0.1, 0.15) is 10.4 Å². The molecule has 10 heteroatoms. The summed E-state index contributed by atoms with van der Waals surface area (Å²) in [5, 5.41) is 11.7. The van der Waals surface area contributed by atoms with Gasteiger partial charge in [-0.25, -0.2) is 18.7 Å². The highest BCUT2D eigenvalue weighted by Crippen LogP contribution is 2.27. The maximum Gasteiger partial charge on any atom is 0.253 e. The summed E-state index contributed by atoms with van der Waals surface area (Å²) in [4.78, 5) is 27.0. The van der Waals surface area contributed by atoms with Gasteiger partial charge in [0.15, 0.2) is 11.6 Å². The lowest BCUT2D eigenvalue weighted by Gasteiger charge is -2.39. The fourth-order valence-corrected chi connectivity index (χ4v) is 4.75. The minimum atomic E-state index is -0.940. The number of β-amino-alcohol motifs (C(OH)–C–C–N with tert-alkyl or cyclic N) is 1. The van der Waals surface area contributed by atoms with E-state index >= 15 is 0 Å². The van der Waals surface area contributed by atoms with E-state index in [-0.39, 0.29) is 18.5 Å². The SMILES string of the molecule is O=C(c1ccc(Cl)cc1)N1CC(O)C(N2CCN(c3ncnc4cc(F)c(F)cc34)CC2)C1. The number of amides is 1. The summed E-state index contributed by atoms with van der Waals surface area (Å²) in [5.74, 6) is -1.44. The lowest BCUT2D eigenvalue weighted by molar-refractivity contribution is 0.0754. The number of likely N-dealkylation sites (tertiary alicyclic amines) is 1. The summed E-state index contributed by atoms with van der Waals surface area (Å²) in [5.41, 5.74) is 0.889. The molecular weight excluding hydrogens is 452 g/mol. The minimum Gasteiger partial charge on any atom is -0.390 e. The van der Waals surface area contributed by atoms with Crippen LogP contribution >= 0.6 is 11.6 Å². The highest BCUT2D eigenvalue weighted by Gasteiger charge is 2.39. The minimum absolute atomic E-state index is 0.131. The van der Waals surface area contributed by atoms with Crippen molar-refractivity contribution in [1.82, 2.24) is 19.8 Å². The molecule has 3 aromatic rings. The first kappa shape index (κ1) is 21.9. The number of carbonyl (C=O) groups excluding carboxylic acids is 1. The third kappa shape index (κ3) is 4.23. The average molecular weight is 474 g/mol. The Bertz CT molecular complexity index is 1190. The van der Waals surface area contributed by atoms with Gasteiger partial charge in [0.05, 0.1) is 17.7 Å². The summed E-state index contributed by atoms with van der Waals surface area (Å²) in [7, 11) is 0. The number of hydrogen-bond donors (Lipinski definition) is 1. The normalized spacial score (nSPS) is 21.7. The number of carbonyl (C=O) groups is 1. The largest absolute Gasteiger partial charge is 0.390 e. The first-order chi connectivity index (χ1) is 15.9. The number of rotatable bonds is 3. The van der Waals surface area contributed by atoms with Gasteiger partial charge in [-0.1, -0.05) is 11.6 Å². The molecule has 5 rings (SSSR count). The van der Waals surface area contributed by atoms with Crippen molar-refractivity contribution >= 4 is 34.2 Å². The molecule has 1 amide bonds. The molecule has 2 saturated heterocycles. The average Bonchev–Trinajstić information content (AvgIpc) is 3.21. The zero-order chi connectivity index (χ0) is 23.1. The Morgan fingerprint density at radius 1 is 1.00 bits per heavy atom. The molecule has 0 bridgehead atoms. The number of nitrogens with zero attached hydrogens (tertiary/aromatic N) is 5. The van der Waals surface area contributed by atoms with E-state index in [1.807, 2.05) is 4.90 Å². The third-order valence-corrected chi connectivity index (χ3v) is 6.63. The molecule has 2 aromatic carbocycles. The lowest BCUT2D eigenvalue weighted by Crippen LogP contribution is -2.54. The summed E-state index contributed by atoms with van der Waals surface area (Å²) >= 11 is 5.91. The molecule has 2 aliphatic rings. The van der Waals surface area contributed by atoms with Crippen molar-refractivity contribution in [3.63, 3.8) is 0 Å². The van der Waals surface area contributed by atoms with Crippen molar-refractivity contribution in [1.29, 1.82) is 0 Å². The molecular formula is C23H22ClF2N5O2. The number of halogens is 3. The Kier molecular flexibility index (Phi) is 5.86. The van der Waals surface area contributed by atoms with Gasteiger partial charge in [0.25, 0.3) is 5.91 Å². The maximum absolute atomic E-state index is 13.8. The molecule has 1 aromatic heterocycles. The summed E-state index contributed by atoms with van der Waals surface area (Å²) < 4.78 is 27.4. The first-order valence-electron chi connectivity index (χ1n) is 10.7. The maximum atomic E-state index is 13.8. The molecule has 0 spiro atoms. The van der Waals surface area contributed by atoms with Gasteiger partial charge in [-0.3, -0.25) is 9.69 Å². The number of aliphatic hydroxyl groups excluding tert-OH is 1. The molecule has 2 unspecified atom stereocenters. The van der Waals surface area contributed by atoms with Gasteiger partial charge >= 0.3 is 0 Å². The fourth-order valence-electron chi connectivity index (χ4n) is 4.62. The van der Waals surface area contributed by atoms with Crippen molar-refractivity contribution in [3.8, 4) is 0 Å². The van der Waals surface area contributed by atoms with Gasteiger partial charge in [0.1, 0.15) is 12.1 Å². The van der Waals surface area contributed by atoms with E-state index in [9.17, 15) is 18.7 Å². The molecule has 0 aliphatic carbocycles. The van der Waals surface area contributed by atoms with Gasteiger partial charge in [-0.05, 0) is 30.3 Å². The highest BCUT2D eigenvalue weighted by atomic mass is 35.5. The van der Waals surface area contributed by atoms with Gasteiger partial charge in [-0.15, -0.1) is 0 Å². The number of benzene rings is 2. The molecule has 2 aliphatic heterocycles. The Hall–Kier alpha value is -2.88. The van der Waals surface area contributed by atoms with Crippen molar-refractivity contribution in [2.24, 2.45) is 0 Å². The van der Waals surface area contributed by atoms with Crippen LogP contribution in [-0.2, 0) is 0 Å². The smallest absolute Gasteiger partial charge is 0.253 e. The zero-order valence-corrected chi connectivity index (χ0v) is 18.4. The zero-order valence-electron chi connectivity index (χ0n) is 17.7. The van der Waals surface area contributed by atoms with Gasteiger partial charge in [0.2, 0.25) is 0 Å². The molecule has 33 heavy (non-hydrogen) atoms. The number of aliphatic hydroxyl groups is 1. The standard InChI is InChI=1S/C23H22ClF2N5O2/c24-15-3-1-14(2-4-15)23(33)31-11-20(21(32)12-31)29-5-7-30(8-6-29)22-16-9-17(25)18(26)10-19(16)27-13-28-22/h1-4,9-10,13,20-21,32H,5-8,11-12H2. The van der Waals surface area contributed by atoms with E-state index in [2.05, 4.69) is 14.9 Å². The molecule has 1 N–H and O–H groups in total. The molecule has 7 nitrogen and oxygen atoms in total. The van der Waals surface area contributed by atoms with E-state index in [0.29, 0.717) is 60.0 Å². The molecule has 3 heterocycles. The second kappa shape index (κ2) is 8.81. The van der Waals surface area contributed by atoms with Crippen LogP contribution in [0.5, 0.6) is 0 Å². The Morgan fingerprint density at radius 2 is 1.70 bits per heavy atom. The third-order valence-electron chi connectivity index (χ3n) is 6.38. The highest BCUT2D eigenvalue weighted by molar-refractivity contribution is 6.30. The molecule has 0 radical (unpaired) electrons. The van der Waals surface area contributed by atoms with E-state index in [1.165, 1.54) is 6.33 Å². The van der Waals surface area contributed by atoms with Crippen LogP contribution in [-0.4, -0.2) is 82.2 Å². The predicted octanol–water partition coefficient (Wildman–Crippen LogP) is 2.57. The summed E-state index contributed by atoms with van der Waals surface area (Å²) in [6.07, 6.45) is 0.701. The number of anilines is 1. The van der Waals surface area contributed by atoms with Gasteiger partial charge in [-0.2, -0.15) is 0 Å². The summed E-state index contributed by atoms with van der Waals surface area (Å²) in [6, 6.07) is 8.76. The van der Waals surface area contributed by atoms with Crippen LogP contribution in [0.25, 0.3) is 10.9 Å². The van der Waals surface area contributed by atoms with Crippen molar-refractivity contribution in [3.05, 3.63) is 64.9 Å². The Labute approximate surface area is 194 Å². The number of piperazine rings is 1. The first-order valence-corrected chi connectivity index (χ1v) is 11.1. The number of aromatic nitrogens is 2. The topological polar surface area (TPSA) is 72.8 Å². The van der Waals surface area contributed by atoms with Crippen LogP contribution in [0, 0.1) is 11.6 Å². The van der Waals surface area contributed by atoms with Crippen LogP contribution in [0.4, 0.5) is 14.6 Å². The molecule has 172 valence electrons. The van der Waals surface area contributed by atoms with Crippen molar-refractivity contribution in [2.75, 3.05) is 44.2 Å². The molecule has 2 atom stereocenters. The molecule has 0 saturated carbocycles. The number of hydrogen-bond acceptors (Lipinski definition) is 6. The van der Waals surface area contributed by atoms with Gasteiger partial charge in [0, 0.05) is 61.3 Å². The van der Waals surface area contributed by atoms with Gasteiger partial charge < -0.3 is 14.9 Å². The van der Waals surface area contributed by atoms with E-state index in [0.717, 1.165) is 12.1 Å². The van der Waals surface area contributed by atoms with Crippen molar-refractivity contribution in [2.45, 2.75) is 12.1 Å². The monoisotopic (exact) mass is 473 g/mol. The second-order valence-electron chi connectivity index (χ2n) is 8.36. The summed E-state index contributed by atoms with van der Waals surface area (Å²) in [6.45, 7) is 3.18. The quantitative estimate of drug-likeness (QED) is 0.630. The lowest BCUT2D eigenvalue weighted by atomic mass is 10.1. The van der Waals surface area contributed by atoms with E-state index in [1.54, 1.807) is 29.2 Å². The van der Waals surface area contributed by atoms with Crippen molar-refractivity contribution < 1.29 is 18.7 Å². The molecule has 2 fully saturated rings. The van der Waals surface area contributed by atoms with Crippen LogP contribution in [0.15, 0.2) is 42.7 Å². The fraction of sp³-hybridized carbons (Fsp3) is 0.348. The van der Waals surface area contributed by atoms with E-state index < -0.39 is 17.7 Å². The van der Waals surface area contributed by atoms with Crippen LogP contribution in [0.2, 0.25) is 5.02 Å². The Morgan fingerprint density at radius 3 is 2.42 bits per heavy atom. The van der Waals surface area contributed by atoms with E-state index in [4.69, 9.17) is 11.6 Å². The van der Waals surface area contributed by atoms with Crippen LogP contribution in [0.3, 0.4) is 0 Å².